The van der Waals surface area contributed by atoms with E-state index in [1.54, 1.807) is 35.0 Å². The van der Waals surface area contributed by atoms with Crippen molar-refractivity contribution in [2.45, 2.75) is 44.0 Å². The highest BCUT2D eigenvalue weighted by atomic mass is 32.2. The summed E-state index contributed by atoms with van der Waals surface area (Å²) in [7, 11) is -1.80. The molecular weight excluding hydrogens is 354 g/mol. The van der Waals surface area contributed by atoms with E-state index in [-0.39, 0.29) is 22.8 Å². The summed E-state index contributed by atoms with van der Waals surface area (Å²) in [5.74, 6) is -0.0315. The van der Waals surface area contributed by atoms with Gasteiger partial charge < -0.3 is 9.80 Å². The molecule has 2 aliphatic rings. The summed E-state index contributed by atoms with van der Waals surface area (Å²) in [5, 5.41) is 0. The van der Waals surface area contributed by atoms with E-state index in [9.17, 15) is 18.0 Å². The maximum atomic E-state index is 13.0. The number of hydrogen-bond donors (Lipinski definition) is 0. The molecule has 1 saturated heterocycles. The predicted molar refractivity (Wildman–Crippen MR) is 98.4 cm³/mol. The van der Waals surface area contributed by atoms with Crippen molar-refractivity contribution in [1.82, 2.24) is 9.21 Å². The lowest BCUT2D eigenvalue weighted by molar-refractivity contribution is -0.130. The van der Waals surface area contributed by atoms with Crippen LogP contribution >= 0.6 is 0 Å². The number of hydrogen-bond acceptors (Lipinski definition) is 4. The molecule has 26 heavy (non-hydrogen) atoms. The van der Waals surface area contributed by atoms with Crippen molar-refractivity contribution < 1.29 is 18.0 Å². The highest BCUT2D eigenvalue weighted by molar-refractivity contribution is 7.89. The van der Waals surface area contributed by atoms with Crippen LogP contribution < -0.4 is 4.90 Å². The van der Waals surface area contributed by atoms with Gasteiger partial charge in [0, 0.05) is 52.3 Å². The van der Waals surface area contributed by atoms with Gasteiger partial charge in [-0.3, -0.25) is 9.59 Å². The number of fused-ring (bicyclic) bond motifs is 1. The molecular formula is C18H25N3O4S. The van der Waals surface area contributed by atoms with E-state index in [0.29, 0.717) is 38.9 Å². The van der Waals surface area contributed by atoms with E-state index in [2.05, 4.69) is 0 Å². The first-order valence-electron chi connectivity index (χ1n) is 8.86. The molecule has 1 aromatic carbocycles. The maximum absolute atomic E-state index is 13.0. The van der Waals surface area contributed by atoms with E-state index in [1.807, 2.05) is 0 Å². The van der Waals surface area contributed by atoms with E-state index < -0.39 is 10.0 Å². The van der Waals surface area contributed by atoms with Gasteiger partial charge in [0.15, 0.2) is 0 Å². The lowest BCUT2D eigenvalue weighted by Gasteiger charge is -2.35. The van der Waals surface area contributed by atoms with Crippen molar-refractivity contribution >= 4 is 27.5 Å². The minimum Gasteiger partial charge on any atom is -0.343 e. The zero-order chi connectivity index (χ0) is 19.1. The number of amides is 2. The fraction of sp³-hybridized carbons (Fsp3) is 0.556. The number of sulfonamides is 1. The van der Waals surface area contributed by atoms with Crippen LogP contribution in [0.4, 0.5) is 5.69 Å². The Labute approximate surface area is 154 Å². The molecule has 142 valence electrons. The van der Waals surface area contributed by atoms with Gasteiger partial charge in [-0.25, -0.2) is 8.42 Å². The summed E-state index contributed by atoms with van der Waals surface area (Å²) in [6, 6.07) is 5.10. The smallest absolute Gasteiger partial charge is 0.243 e. The largest absolute Gasteiger partial charge is 0.343 e. The number of anilines is 1. The Morgan fingerprint density at radius 1 is 1.12 bits per heavy atom. The zero-order valence-corrected chi connectivity index (χ0v) is 16.3. The first-order chi connectivity index (χ1) is 12.2. The van der Waals surface area contributed by atoms with Crippen LogP contribution in [0.25, 0.3) is 0 Å². The molecule has 0 saturated carbocycles. The molecule has 2 aliphatic heterocycles. The third-order valence-corrected chi connectivity index (χ3v) is 7.33. The molecule has 0 unspecified atom stereocenters. The van der Waals surface area contributed by atoms with Crippen LogP contribution in [0.3, 0.4) is 0 Å². The second kappa shape index (κ2) is 7.00. The average molecular weight is 379 g/mol. The molecule has 0 atom stereocenters. The summed E-state index contributed by atoms with van der Waals surface area (Å²) in [4.78, 5) is 26.8. The molecule has 0 spiro atoms. The van der Waals surface area contributed by atoms with Gasteiger partial charge >= 0.3 is 0 Å². The van der Waals surface area contributed by atoms with Crippen LogP contribution in [0.1, 0.15) is 32.3 Å². The summed E-state index contributed by atoms with van der Waals surface area (Å²) in [6.07, 6.45) is 1.94. The molecule has 0 aliphatic carbocycles. The van der Waals surface area contributed by atoms with Crippen molar-refractivity contribution in [1.29, 1.82) is 0 Å². The van der Waals surface area contributed by atoms with Crippen molar-refractivity contribution in [2.24, 2.45) is 0 Å². The Bertz CT molecular complexity index is 829. The summed E-state index contributed by atoms with van der Waals surface area (Å²) >= 11 is 0. The second-order valence-corrected chi connectivity index (χ2v) is 8.91. The first-order valence-corrected chi connectivity index (χ1v) is 10.3. The molecule has 0 N–H and O–H groups in total. The normalized spacial score (nSPS) is 18.7. The van der Waals surface area contributed by atoms with E-state index in [4.69, 9.17) is 0 Å². The van der Waals surface area contributed by atoms with Crippen molar-refractivity contribution in [2.75, 3.05) is 31.6 Å². The van der Waals surface area contributed by atoms with Gasteiger partial charge in [-0.05, 0) is 43.0 Å². The van der Waals surface area contributed by atoms with Crippen LogP contribution in [-0.4, -0.2) is 62.2 Å². The monoisotopic (exact) mass is 379 g/mol. The molecule has 1 fully saturated rings. The molecule has 0 radical (unpaired) electrons. The average Bonchev–Trinajstić information content (AvgIpc) is 3.04. The fourth-order valence-electron chi connectivity index (χ4n) is 3.74. The van der Waals surface area contributed by atoms with Gasteiger partial charge in [0.2, 0.25) is 21.8 Å². The third-order valence-electron chi connectivity index (χ3n) is 5.43. The Morgan fingerprint density at radius 3 is 2.35 bits per heavy atom. The molecule has 8 heteroatoms. The first kappa shape index (κ1) is 18.8. The van der Waals surface area contributed by atoms with E-state index >= 15 is 0 Å². The van der Waals surface area contributed by atoms with E-state index in [0.717, 1.165) is 11.3 Å². The van der Waals surface area contributed by atoms with Crippen LogP contribution in [0.5, 0.6) is 0 Å². The number of carbonyl (C=O) groups is 2. The summed E-state index contributed by atoms with van der Waals surface area (Å²) in [5.41, 5.74) is 1.70. The highest BCUT2D eigenvalue weighted by Crippen LogP contribution is 2.32. The van der Waals surface area contributed by atoms with Crippen LogP contribution in [0.2, 0.25) is 0 Å². The molecule has 2 amide bonds. The second-order valence-electron chi connectivity index (χ2n) is 6.98. The Balaban J connectivity index is 1.76. The predicted octanol–water partition coefficient (Wildman–Crippen LogP) is 1.23. The minimum atomic E-state index is -3.56. The van der Waals surface area contributed by atoms with Crippen LogP contribution in [0.15, 0.2) is 23.1 Å². The van der Waals surface area contributed by atoms with Gasteiger partial charge in [-0.15, -0.1) is 0 Å². The third kappa shape index (κ3) is 3.35. The lowest BCUT2D eigenvalue weighted by atomic mass is 10.1. The summed E-state index contributed by atoms with van der Waals surface area (Å²) in [6.45, 7) is 4.44. The SMILES string of the molecule is CC(=O)N1CCc2cc(S(=O)(=O)N3CCC(N(C)C(C)=O)CC3)ccc21. The molecule has 0 aromatic heterocycles. The number of carbonyl (C=O) groups excluding carboxylic acids is 2. The maximum Gasteiger partial charge on any atom is 0.243 e. The van der Waals surface area contributed by atoms with Crippen molar-refractivity contribution in [3.63, 3.8) is 0 Å². The van der Waals surface area contributed by atoms with Gasteiger partial charge in [-0.1, -0.05) is 0 Å². The highest BCUT2D eigenvalue weighted by Gasteiger charge is 2.32. The van der Waals surface area contributed by atoms with Crippen LogP contribution in [-0.2, 0) is 26.0 Å². The summed E-state index contributed by atoms with van der Waals surface area (Å²) < 4.78 is 27.5. The molecule has 7 nitrogen and oxygen atoms in total. The topological polar surface area (TPSA) is 78.0 Å². The fourth-order valence-corrected chi connectivity index (χ4v) is 5.26. The molecule has 1 aromatic rings. The van der Waals surface area contributed by atoms with Gasteiger partial charge in [0.25, 0.3) is 0 Å². The quantitative estimate of drug-likeness (QED) is 0.791. The molecule has 2 heterocycles. The molecule has 3 rings (SSSR count). The molecule has 0 bridgehead atoms. The van der Waals surface area contributed by atoms with Gasteiger partial charge in [0.1, 0.15) is 0 Å². The number of piperidine rings is 1. The zero-order valence-electron chi connectivity index (χ0n) is 15.4. The standard InChI is InChI=1S/C18H25N3O4S/c1-13(22)19(3)16-7-9-20(10-8-16)26(24,25)17-4-5-18-15(12-17)6-11-21(18)14(2)23/h4-5,12,16H,6-11H2,1-3H3. The minimum absolute atomic E-state index is 0.0000418. The Kier molecular flexibility index (Phi) is 5.07. The lowest BCUT2D eigenvalue weighted by Crippen LogP contribution is -2.46. The Morgan fingerprint density at radius 2 is 1.77 bits per heavy atom. The van der Waals surface area contributed by atoms with Gasteiger partial charge in [-0.2, -0.15) is 4.31 Å². The van der Waals surface area contributed by atoms with Crippen molar-refractivity contribution in [3.8, 4) is 0 Å². The van der Waals surface area contributed by atoms with Crippen molar-refractivity contribution in [3.05, 3.63) is 23.8 Å². The number of rotatable bonds is 3. The number of nitrogens with zero attached hydrogens (tertiary/aromatic N) is 3. The number of benzene rings is 1. The van der Waals surface area contributed by atoms with Crippen LogP contribution in [0, 0.1) is 0 Å². The Hall–Kier alpha value is -1.93. The van der Waals surface area contributed by atoms with E-state index in [1.165, 1.54) is 18.2 Å². The van der Waals surface area contributed by atoms with Gasteiger partial charge in [0.05, 0.1) is 4.90 Å².